The van der Waals surface area contributed by atoms with E-state index >= 15 is 0 Å². The molecule has 3 saturated carbocycles. The van der Waals surface area contributed by atoms with Crippen molar-refractivity contribution in [1.82, 2.24) is 0 Å². The summed E-state index contributed by atoms with van der Waals surface area (Å²) in [6.45, 7) is 11.0. The second-order valence-electron chi connectivity index (χ2n) is 9.52. The molecule has 3 aliphatic carbocycles. The fourth-order valence-corrected chi connectivity index (χ4v) is 5.20. The number of aliphatic hydroxyl groups excluding tert-OH is 3. The number of fused-ring (bicyclic) bond motifs is 6. The summed E-state index contributed by atoms with van der Waals surface area (Å²) < 4.78 is 14.9. The Hall–Kier alpha value is -2.49. The molecule has 3 aliphatic heterocycles. The molecule has 6 aliphatic rings. The van der Waals surface area contributed by atoms with E-state index in [1.807, 2.05) is 0 Å². The lowest BCUT2D eigenvalue weighted by molar-refractivity contribution is -0.143. The SMILES string of the molecule is C=C1[C@@H]2C[C@H](C[C@@H]1O)OC2=O.C=C1[C@@H]2C[C@H](C[C@@H]1O)OC2=O.C=C1[C@H]2C[C@@H](C[C@H]1O)OC2=O. The monoisotopic (exact) mass is 462 g/mol. The summed E-state index contributed by atoms with van der Waals surface area (Å²) in [5.41, 5.74) is 1.89. The number of ether oxygens (including phenoxy) is 3. The van der Waals surface area contributed by atoms with Crippen molar-refractivity contribution in [3.05, 3.63) is 36.5 Å². The first kappa shape index (κ1) is 23.7. The topological polar surface area (TPSA) is 140 Å². The van der Waals surface area contributed by atoms with Crippen LogP contribution in [0.15, 0.2) is 36.5 Å². The van der Waals surface area contributed by atoms with Crippen LogP contribution >= 0.6 is 0 Å². The molecule has 33 heavy (non-hydrogen) atoms. The molecule has 0 amide bonds. The molecule has 3 heterocycles. The van der Waals surface area contributed by atoms with Crippen molar-refractivity contribution in [2.24, 2.45) is 17.8 Å². The van der Waals surface area contributed by atoms with Crippen molar-refractivity contribution < 1.29 is 43.9 Å². The fourth-order valence-electron chi connectivity index (χ4n) is 5.20. The van der Waals surface area contributed by atoms with Crippen LogP contribution in [0.4, 0.5) is 0 Å². The number of hydrogen-bond donors (Lipinski definition) is 3. The minimum absolute atomic E-state index is 0.0620. The Morgan fingerprint density at radius 3 is 1.00 bits per heavy atom. The third-order valence-corrected chi connectivity index (χ3v) is 7.28. The van der Waals surface area contributed by atoms with Crippen LogP contribution < -0.4 is 0 Å². The summed E-state index contributed by atoms with van der Waals surface area (Å²) in [6, 6.07) is 0. The van der Waals surface area contributed by atoms with Crippen molar-refractivity contribution in [2.45, 2.75) is 75.1 Å². The zero-order valence-corrected chi connectivity index (χ0v) is 18.4. The largest absolute Gasteiger partial charge is 0.462 e. The van der Waals surface area contributed by atoms with Crippen LogP contribution in [0.2, 0.25) is 0 Å². The first-order chi connectivity index (χ1) is 15.5. The highest BCUT2D eigenvalue weighted by Gasteiger charge is 2.45. The van der Waals surface area contributed by atoms with Gasteiger partial charge in [-0.3, -0.25) is 14.4 Å². The maximum Gasteiger partial charge on any atom is 0.313 e. The Morgan fingerprint density at radius 2 is 0.758 bits per heavy atom. The van der Waals surface area contributed by atoms with Crippen LogP contribution in [0.3, 0.4) is 0 Å². The molecule has 3 N–H and O–H groups in total. The van der Waals surface area contributed by atoms with E-state index in [0.29, 0.717) is 55.2 Å². The molecule has 0 aromatic carbocycles. The minimum atomic E-state index is -0.537. The van der Waals surface area contributed by atoms with Gasteiger partial charge < -0.3 is 29.5 Å². The molecule has 9 nitrogen and oxygen atoms in total. The van der Waals surface area contributed by atoms with Crippen LogP contribution in [0, 0.1) is 17.8 Å². The number of carbonyl (C=O) groups excluding carboxylic acids is 3. The van der Waals surface area contributed by atoms with Crippen LogP contribution in [0.1, 0.15) is 38.5 Å². The maximum absolute atomic E-state index is 11.0. The van der Waals surface area contributed by atoms with Gasteiger partial charge in [-0.2, -0.15) is 0 Å². The molecule has 0 radical (unpaired) electrons. The molecule has 0 spiro atoms. The smallest absolute Gasteiger partial charge is 0.313 e. The molecular weight excluding hydrogens is 432 g/mol. The van der Waals surface area contributed by atoms with Crippen molar-refractivity contribution in [2.75, 3.05) is 0 Å². The predicted octanol–water partition coefficient (Wildman–Crippen LogP) is 0.717. The summed E-state index contributed by atoms with van der Waals surface area (Å²) >= 11 is 0. The van der Waals surface area contributed by atoms with E-state index in [1.165, 1.54) is 0 Å². The quantitative estimate of drug-likeness (QED) is 0.270. The second-order valence-corrected chi connectivity index (χ2v) is 9.52. The van der Waals surface area contributed by atoms with Gasteiger partial charge in [-0.05, 0) is 16.7 Å². The maximum atomic E-state index is 11.0. The molecule has 6 bridgehead atoms. The number of rotatable bonds is 0. The van der Waals surface area contributed by atoms with E-state index < -0.39 is 18.3 Å². The lowest BCUT2D eigenvalue weighted by Crippen LogP contribution is -2.26. The molecule has 3 saturated heterocycles. The molecule has 0 aromatic rings. The number of aliphatic hydroxyl groups is 3. The van der Waals surface area contributed by atoms with Gasteiger partial charge in [0.25, 0.3) is 0 Å². The highest BCUT2D eigenvalue weighted by atomic mass is 16.6. The van der Waals surface area contributed by atoms with E-state index in [4.69, 9.17) is 14.2 Å². The van der Waals surface area contributed by atoms with E-state index in [-0.39, 0.29) is 54.0 Å². The Bertz CT molecular complexity index is 778. The standard InChI is InChI=1S/3C8H10O3/c3*1-4-6-2-5(3-7(4)9)11-8(6)10/h3*5-7,9H,1-3H2/t3*5-,6+,7+/m110/s1. The minimum Gasteiger partial charge on any atom is -0.462 e. The summed E-state index contributed by atoms with van der Waals surface area (Å²) in [6.07, 6.45) is 1.94. The van der Waals surface area contributed by atoms with Crippen LogP contribution in [0.5, 0.6) is 0 Å². The summed E-state index contributed by atoms with van der Waals surface area (Å²) in [4.78, 5) is 33.1. The third kappa shape index (κ3) is 4.62. The molecule has 6 rings (SSSR count). The predicted molar refractivity (Wildman–Crippen MR) is 113 cm³/mol. The average molecular weight is 462 g/mol. The van der Waals surface area contributed by atoms with Crippen LogP contribution in [-0.2, 0) is 28.6 Å². The van der Waals surface area contributed by atoms with Gasteiger partial charge in [0.2, 0.25) is 0 Å². The van der Waals surface area contributed by atoms with Crippen LogP contribution in [-0.4, -0.2) is 69.9 Å². The molecule has 9 heteroatoms. The molecule has 9 atom stereocenters. The highest BCUT2D eigenvalue weighted by molar-refractivity contribution is 5.79. The fraction of sp³-hybridized carbons (Fsp3) is 0.625. The zero-order valence-electron chi connectivity index (χ0n) is 18.4. The van der Waals surface area contributed by atoms with Crippen LogP contribution in [0.25, 0.3) is 0 Å². The first-order valence-electron chi connectivity index (χ1n) is 11.3. The van der Waals surface area contributed by atoms with Gasteiger partial charge in [0.05, 0.1) is 36.1 Å². The van der Waals surface area contributed by atoms with Gasteiger partial charge in [0.1, 0.15) is 18.3 Å². The molecule has 6 fully saturated rings. The zero-order chi connectivity index (χ0) is 24.0. The van der Waals surface area contributed by atoms with E-state index in [9.17, 15) is 29.7 Å². The number of carbonyl (C=O) groups is 3. The van der Waals surface area contributed by atoms with Crippen molar-refractivity contribution in [1.29, 1.82) is 0 Å². The first-order valence-corrected chi connectivity index (χ1v) is 11.3. The Morgan fingerprint density at radius 1 is 0.515 bits per heavy atom. The van der Waals surface area contributed by atoms with E-state index in [1.54, 1.807) is 0 Å². The number of hydrogen-bond acceptors (Lipinski definition) is 9. The van der Waals surface area contributed by atoms with E-state index in [0.717, 1.165) is 0 Å². The van der Waals surface area contributed by atoms with Gasteiger partial charge >= 0.3 is 17.9 Å². The van der Waals surface area contributed by atoms with Gasteiger partial charge in [0, 0.05) is 38.5 Å². The Kier molecular flexibility index (Phi) is 6.48. The Balaban J connectivity index is 0.000000118. The highest BCUT2D eigenvalue weighted by Crippen LogP contribution is 2.39. The van der Waals surface area contributed by atoms with Gasteiger partial charge in [-0.15, -0.1) is 0 Å². The molecule has 0 aromatic heterocycles. The Labute approximate surface area is 191 Å². The van der Waals surface area contributed by atoms with Gasteiger partial charge in [0.15, 0.2) is 0 Å². The van der Waals surface area contributed by atoms with Crippen molar-refractivity contribution in [3.8, 4) is 0 Å². The lowest BCUT2D eigenvalue weighted by Gasteiger charge is -2.22. The summed E-state index contributed by atoms with van der Waals surface area (Å²) in [5.74, 6) is -1.33. The summed E-state index contributed by atoms with van der Waals surface area (Å²) in [5, 5.41) is 28.0. The molecular formula is C24H30O9. The van der Waals surface area contributed by atoms with Crippen molar-refractivity contribution >= 4 is 17.9 Å². The van der Waals surface area contributed by atoms with Gasteiger partial charge in [-0.25, -0.2) is 0 Å². The van der Waals surface area contributed by atoms with Crippen molar-refractivity contribution in [3.63, 3.8) is 0 Å². The lowest BCUT2D eigenvalue weighted by atomic mass is 9.84. The average Bonchev–Trinajstić information content (AvgIpc) is 3.36. The molecule has 180 valence electrons. The third-order valence-electron chi connectivity index (χ3n) is 7.28. The van der Waals surface area contributed by atoms with E-state index in [2.05, 4.69) is 19.7 Å². The normalized spacial score (nSPS) is 42.5. The molecule has 0 unspecified atom stereocenters. The second kappa shape index (κ2) is 9.04. The summed E-state index contributed by atoms with van der Waals surface area (Å²) in [7, 11) is 0. The van der Waals surface area contributed by atoms with Gasteiger partial charge in [-0.1, -0.05) is 19.7 Å². The number of esters is 3.